The van der Waals surface area contributed by atoms with Crippen LogP contribution >= 0.6 is 11.9 Å². The van der Waals surface area contributed by atoms with Gasteiger partial charge in [0.05, 0.1) is 0 Å². The summed E-state index contributed by atoms with van der Waals surface area (Å²) < 4.78 is 7.97. The van der Waals surface area contributed by atoms with Crippen LogP contribution in [-0.2, 0) is 6.42 Å². The molecule has 32 heavy (non-hydrogen) atoms. The lowest BCUT2D eigenvalue weighted by Crippen LogP contribution is -2.48. The summed E-state index contributed by atoms with van der Waals surface area (Å²) in [5.41, 5.74) is 1.79. The van der Waals surface area contributed by atoms with Crippen molar-refractivity contribution >= 4 is 17.9 Å². The molecule has 1 amide bonds. The van der Waals surface area contributed by atoms with Gasteiger partial charge in [-0.2, -0.15) is 0 Å². The fourth-order valence-electron chi connectivity index (χ4n) is 4.87. The maximum absolute atomic E-state index is 12.8. The molecule has 6 nitrogen and oxygen atoms in total. The summed E-state index contributed by atoms with van der Waals surface area (Å²) in [4.78, 5) is 12.8. The number of hydrogen-bond donors (Lipinski definition) is 2. The van der Waals surface area contributed by atoms with Gasteiger partial charge in [-0.15, -0.1) is 0 Å². The van der Waals surface area contributed by atoms with Gasteiger partial charge in [-0.05, 0) is 69.5 Å². The number of amides is 1. The third kappa shape index (κ3) is 5.74. The Labute approximate surface area is 195 Å². The summed E-state index contributed by atoms with van der Waals surface area (Å²) in [6, 6.07) is 13.2. The fourth-order valence-corrected chi connectivity index (χ4v) is 6.21. The highest BCUT2D eigenvalue weighted by Crippen LogP contribution is 2.40. The van der Waals surface area contributed by atoms with Gasteiger partial charge in [0.15, 0.2) is 5.69 Å². The molecule has 1 aliphatic carbocycles. The maximum atomic E-state index is 12.8. The zero-order valence-electron chi connectivity index (χ0n) is 18.7. The summed E-state index contributed by atoms with van der Waals surface area (Å²) in [5.74, 6) is 3.25. The number of carbonyl (C=O) groups excluding carboxylic acids is 1. The van der Waals surface area contributed by atoms with Crippen LogP contribution in [0.1, 0.15) is 66.3 Å². The van der Waals surface area contributed by atoms with Crippen molar-refractivity contribution in [2.75, 3.05) is 25.4 Å². The van der Waals surface area contributed by atoms with Gasteiger partial charge in [0.1, 0.15) is 5.76 Å². The number of rotatable bonds is 8. The molecule has 3 aliphatic rings. The van der Waals surface area contributed by atoms with Crippen LogP contribution in [0.5, 0.6) is 0 Å². The van der Waals surface area contributed by atoms with E-state index >= 15 is 0 Å². The number of carbonyl (C=O) groups is 1. The third-order valence-corrected chi connectivity index (χ3v) is 8.42. The molecule has 1 aromatic carbocycles. The Morgan fingerprint density at radius 1 is 1.16 bits per heavy atom. The Balaban J connectivity index is 1.20. The van der Waals surface area contributed by atoms with E-state index in [1.54, 1.807) is 0 Å². The summed E-state index contributed by atoms with van der Waals surface area (Å²) in [6.45, 7) is 3.30. The van der Waals surface area contributed by atoms with Crippen LogP contribution in [-0.4, -0.2) is 52.8 Å². The van der Waals surface area contributed by atoms with Crippen molar-refractivity contribution in [1.29, 1.82) is 0 Å². The first kappa shape index (κ1) is 22.0. The molecule has 1 unspecified atom stereocenters. The molecule has 0 spiro atoms. The minimum Gasteiger partial charge on any atom is -0.360 e. The van der Waals surface area contributed by atoms with Crippen LogP contribution in [0.3, 0.4) is 0 Å². The zero-order chi connectivity index (χ0) is 21.8. The monoisotopic (exact) mass is 454 g/mol. The van der Waals surface area contributed by atoms with Gasteiger partial charge >= 0.3 is 0 Å². The lowest BCUT2D eigenvalue weighted by atomic mass is 9.94. The van der Waals surface area contributed by atoms with Crippen molar-refractivity contribution in [3.8, 4) is 0 Å². The van der Waals surface area contributed by atoms with E-state index < -0.39 is 0 Å². The lowest BCUT2D eigenvalue weighted by Gasteiger charge is -2.39. The van der Waals surface area contributed by atoms with E-state index in [1.165, 1.54) is 24.2 Å². The molecular formula is C25H34N4O2S. The lowest BCUT2D eigenvalue weighted by molar-refractivity contribution is 0.0904. The molecule has 172 valence electrons. The molecule has 0 radical (unpaired) electrons. The second kappa shape index (κ2) is 10.4. The maximum Gasteiger partial charge on any atom is 0.273 e. The molecule has 2 atom stereocenters. The van der Waals surface area contributed by atoms with Crippen LogP contribution in [0, 0.1) is 5.92 Å². The Morgan fingerprint density at radius 2 is 1.97 bits per heavy atom. The highest BCUT2D eigenvalue weighted by Gasteiger charge is 2.32. The van der Waals surface area contributed by atoms with Gasteiger partial charge in [-0.25, -0.2) is 4.31 Å². The third-order valence-electron chi connectivity index (χ3n) is 6.99. The van der Waals surface area contributed by atoms with Crippen LogP contribution < -0.4 is 10.6 Å². The van der Waals surface area contributed by atoms with E-state index in [4.69, 9.17) is 4.52 Å². The van der Waals surface area contributed by atoms with Crippen molar-refractivity contribution in [2.24, 2.45) is 5.92 Å². The molecule has 2 N–H and O–H groups in total. The second-order valence-electron chi connectivity index (χ2n) is 9.56. The van der Waals surface area contributed by atoms with E-state index in [-0.39, 0.29) is 11.9 Å². The number of piperidine rings is 2. The van der Waals surface area contributed by atoms with Crippen LogP contribution in [0.2, 0.25) is 0 Å². The summed E-state index contributed by atoms with van der Waals surface area (Å²) in [7, 11) is 0. The molecule has 0 bridgehead atoms. The molecular weight excluding hydrogens is 420 g/mol. The smallest absolute Gasteiger partial charge is 0.273 e. The SMILES string of the molecule is O=C(N[C@@H]1CCN(SCC2CCNCC2)C(Cc2ccccc2)C1)c1cc(C2CC2)on1. The average Bonchev–Trinajstić information content (AvgIpc) is 3.56. The number of aromatic nitrogens is 1. The number of nitrogens with zero attached hydrogens (tertiary/aromatic N) is 2. The van der Waals surface area contributed by atoms with E-state index in [0.717, 1.165) is 63.4 Å². The standard InChI is InChI=1S/C25H34N4O2S/c30-25(23-16-24(31-28-23)20-6-7-20)27-21-10-13-29(32-17-19-8-11-26-12-9-19)22(15-21)14-18-4-2-1-3-5-18/h1-5,16,19-22,26H,6-15,17H2,(H,27,30)/t21-,22?/m1/s1. The predicted molar refractivity (Wildman–Crippen MR) is 128 cm³/mol. The molecule has 3 fully saturated rings. The first-order valence-corrected chi connectivity index (χ1v) is 13.1. The Kier molecular flexibility index (Phi) is 7.15. The van der Waals surface area contributed by atoms with Crippen molar-refractivity contribution in [2.45, 2.75) is 62.9 Å². The molecule has 5 rings (SSSR count). The number of nitrogens with one attached hydrogen (secondary N) is 2. The van der Waals surface area contributed by atoms with Crippen molar-refractivity contribution < 1.29 is 9.32 Å². The normalized spacial score (nSPS) is 25.0. The van der Waals surface area contributed by atoms with Gasteiger partial charge < -0.3 is 15.2 Å². The van der Waals surface area contributed by atoms with Gasteiger partial charge in [-0.1, -0.05) is 47.4 Å². The molecule has 2 saturated heterocycles. The summed E-state index contributed by atoms with van der Waals surface area (Å²) in [5, 5.41) is 10.7. The Bertz CT molecular complexity index is 879. The zero-order valence-corrected chi connectivity index (χ0v) is 19.5. The molecule has 7 heteroatoms. The molecule has 1 saturated carbocycles. The second-order valence-corrected chi connectivity index (χ2v) is 10.6. The summed E-state index contributed by atoms with van der Waals surface area (Å²) >= 11 is 2.03. The van der Waals surface area contributed by atoms with E-state index in [0.29, 0.717) is 17.7 Å². The molecule has 1 aromatic heterocycles. The topological polar surface area (TPSA) is 70.4 Å². The van der Waals surface area contributed by atoms with Crippen molar-refractivity contribution in [1.82, 2.24) is 20.1 Å². The highest BCUT2D eigenvalue weighted by molar-refractivity contribution is 7.97. The molecule has 2 aliphatic heterocycles. The Hall–Kier alpha value is -1.83. The van der Waals surface area contributed by atoms with Crippen molar-refractivity contribution in [3.63, 3.8) is 0 Å². The first-order chi connectivity index (χ1) is 15.7. The van der Waals surface area contributed by atoms with Gasteiger partial charge in [0.2, 0.25) is 0 Å². The number of benzene rings is 1. The fraction of sp³-hybridized carbons (Fsp3) is 0.600. The highest BCUT2D eigenvalue weighted by atomic mass is 32.2. The van der Waals surface area contributed by atoms with Crippen LogP contribution in [0.4, 0.5) is 0 Å². The van der Waals surface area contributed by atoms with Gasteiger partial charge in [0.25, 0.3) is 5.91 Å². The minimum atomic E-state index is -0.0973. The van der Waals surface area contributed by atoms with E-state index in [1.807, 2.05) is 18.0 Å². The average molecular weight is 455 g/mol. The molecule has 2 aromatic rings. The summed E-state index contributed by atoms with van der Waals surface area (Å²) in [6.07, 6.45) is 7.81. The van der Waals surface area contributed by atoms with E-state index in [2.05, 4.69) is 50.4 Å². The Morgan fingerprint density at radius 3 is 2.75 bits per heavy atom. The predicted octanol–water partition coefficient (Wildman–Crippen LogP) is 4.01. The number of hydrogen-bond acceptors (Lipinski definition) is 6. The van der Waals surface area contributed by atoms with Gasteiger partial charge in [-0.3, -0.25) is 4.79 Å². The molecule has 3 heterocycles. The van der Waals surface area contributed by atoms with Crippen molar-refractivity contribution in [3.05, 3.63) is 53.4 Å². The van der Waals surface area contributed by atoms with Crippen LogP contribution in [0.15, 0.2) is 40.9 Å². The largest absolute Gasteiger partial charge is 0.360 e. The quantitative estimate of drug-likeness (QED) is 0.588. The van der Waals surface area contributed by atoms with Gasteiger partial charge in [0, 0.05) is 36.4 Å². The minimum absolute atomic E-state index is 0.0973. The van der Waals surface area contributed by atoms with E-state index in [9.17, 15) is 4.79 Å². The van der Waals surface area contributed by atoms with Crippen LogP contribution in [0.25, 0.3) is 0 Å². The first-order valence-electron chi connectivity index (χ1n) is 12.2.